The van der Waals surface area contributed by atoms with E-state index in [9.17, 15) is 0 Å². The first-order valence-electron chi connectivity index (χ1n) is 6.52. The predicted molar refractivity (Wildman–Crippen MR) is 73.1 cm³/mol. The normalized spacial score (nSPS) is 17.4. The topological polar surface area (TPSA) is 42.7 Å². The summed E-state index contributed by atoms with van der Waals surface area (Å²) in [6, 6.07) is 2.42. The number of aromatic nitrogens is 3. The molecule has 18 heavy (non-hydrogen) atoms. The first-order valence-corrected chi connectivity index (χ1v) is 6.90. The number of pyridine rings is 1. The molecule has 1 saturated heterocycles. The Morgan fingerprint density at radius 1 is 1.44 bits per heavy atom. The quantitative estimate of drug-likeness (QED) is 0.907. The number of hydrogen-bond acceptors (Lipinski definition) is 3. The van der Waals surface area contributed by atoms with Crippen LogP contribution in [0.25, 0.3) is 11.2 Å². The minimum absolute atomic E-state index is 0.514. The molecule has 1 aliphatic heterocycles. The minimum atomic E-state index is 0.514. The summed E-state index contributed by atoms with van der Waals surface area (Å²) in [5, 5.41) is 4.05. The van der Waals surface area contributed by atoms with Crippen LogP contribution < -0.4 is 5.32 Å². The molecule has 0 radical (unpaired) electrons. The number of nitrogens with one attached hydrogen (secondary N) is 1. The van der Waals surface area contributed by atoms with Crippen LogP contribution >= 0.6 is 11.6 Å². The van der Waals surface area contributed by atoms with Crippen molar-refractivity contribution in [3.05, 3.63) is 23.1 Å². The van der Waals surface area contributed by atoms with Crippen molar-refractivity contribution in [3.8, 4) is 0 Å². The van der Waals surface area contributed by atoms with Crippen LogP contribution in [0.1, 0.15) is 31.6 Å². The maximum absolute atomic E-state index is 5.99. The maximum atomic E-state index is 5.99. The van der Waals surface area contributed by atoms with Crippen LogP contribution in [0.4, 0.5) is 0 Å². The van der Waals surface area contributed by atoms with Crippen LogP contribution in [0.15, 0.2) is 12.3 Å². The average Bonchev–Trinajstić information content (AvgIpc) is 2.77. The van der Waals surface area contributed by atoms with Gasteiger partial charge in [-0.2, -0.15) is 0 Å². The molecular weight excluding hydrogens is 248 g/mol. The van der Waals surface area contributed by atoms with Crippen LogP contribution in [0.2, 0.25) is 5.02 Å². The van der Waals surface area contributed by atoms with E-state index >= 15 is 0 Å². The Kier molecular flexibility index (Phi) is 3.22. The highest BCUT2D eigenvalue weighted by Crippen LogP contribution is 2.27. The smallest absolute Gasteiger partial charge is 0.160 e. The highest BCUT2D eigenvalue weighted by molar-refractivity contribution is 6.31. The molecule has 2 aromatic heterocycles. The lowest BCUT2D eigenvalue weighted by molar-refractivity contribution is 0.366. The predicted octanol–water partition coefficient (Wildman–Crippen LogP) is 2.57. The van der Waals surface area contributed by atoms with Gasteiger partial charge >= 0.3 is 0 Å². The van der Waals surface area contributed by atoms with Gasteiger partial charge in [-0.3, -0.25) is 0 Å². The average molecular weight is 265 g/mol. The lowest BCUT2D eigenvalue weighted by atomic mass is 10.1. The molecule has 5 heteroatoms. The van der Waals surface area contributed by atoms with Crippen molar-refractivity contribution in [2.75, 3.05) is 13.1 Å². The first-order chi connectivity index (χ1) is 8.79. The number of nitrogens with zero attached hydrogens (tertiary/aromatic N) is 3. The van der Waals surface area contributed by atoms with Crippen molar-refractivity contribution < 1.29 is 0 Å². The van der Waals surface area contributed by atoms with Crippen molar-refractivity contribution >= 4 is 22.8 Å². The first kappa shape index (κ1) is 11.9. The van der Waals surface area contributed by atoms with Crippen LogP contribution in [-0.2, 0) is 6.42 Å². The van der Waals surface area contributed by atoms with Gasteiger partial charge in [0, 0.05) is 18.7 Å². The summed E-state index contributed by atoms with van der Waals surface area (Å²) < 4.78 is 2.31. The van der Waals surface area contributed by atoms with E-state index in [1.165, 1.54) is 0 Å². The fourth-order valence-corrected chi connectivity index (χ4v) is 2.85. The van der Waals surface area contributed by atoms with Gasteiger partial charge in [-0.05, 0) is 32.0 Å². The molecule has 0 bridgehead atoms. The van der Waals surface area contributed by atoms with Crippen LogP contribution in [0, 0.1) is 0 Å². The fourth-order valence-electron chi connectivity index (χ4n) is 2.70. The summed E-state index contributed by atoms with van der Waals surface area (Å²) in [6.45, 7) is 4.28. The van der Waals surface area contributed by atoms with E-state index in [1.54, 1.807) is 6.20 Å². The Morgan fingerprint density at radius 3 is 2.94 bits per heavy atom. The third-order valence-electron chi connectivity index (χ3n) is 3.56. The van der Waals surface area contributed by atoms with E-state index < -0.39 is 0 Å². The molecule has 0 saturated carbocycles. The van der Waals surface area contributed by atoms with Crippen molar-refractivity contribution in [2.24, 2.45) is 0 Å². The number of aryl methyl sites for hydroxylation is 1. The third kappa shape index (κ3) is 1.99. The molecule has 0 aliphatic carbocycles. The molecule has 3 heterocycles. The molecule has 2 aromatic rings. The highest BCUT2D eigenvalue weighted by Gasteiger charge is 2.21. The largest absolute Gasteiger partial charge is 0.317 e. The highest BCUT2D eigenvalue weighted by atomic mass is 35.5. The summed E-state index contributed by atoms with van der Waals surface area (Å²) in [5.41, 5.74) is 1.89. The van der Waals surface area contributed by atoms with E-state index in [0.29, 0.717) is 11.1 Å². The van der Waals surface area contributed by atoms with Gasteiger partial charge in [0.15, 0.2) is 5.65 Å². The van der Waals surface area contributed by atoms with Gasteiger partial charge in [0.1, 0.15) is 11.3 Å². The minimum Gasteiger partial charge on any atom is -0.317 e. The maximum Gasteiger partial charge on any atom is 0.160 e. The molecule has 1 aliphatic rings. The summed E-state index contributed by atoms with van der Waals surface area (Å²) in [4.78, 5) is 9.14. The van der Waals surface area contributed by atoms with Gasteiger partial charge < -0.3 is 9.88 Å². The molecule has 0 atom stereocenters. The van der Waals surface area contributed by atoms with Gasteiger partial charge in [0.2, 0.25) is 0 Å². The van der Waals surface area contributed by atoms with Crippen molar-refractivity contribution in [1.29, 1.82) is 0 Å². The van der Waals surface area contributed by atoms with E-state index in [1.807, 2.05) is 6.07 Å². The third-order valence-corrected chi connectivity index (χ3v) is 3.77. The Morgan fingerprint density at radius 2 is 2.22 bits per heavy atom. The SMILES string of the molecule is CCc1nc2cc(Cl)cnc2n1C1CCNCC1. The lowest BCUT2D eigenvalue weighted by Gasteiger charge is -2.25. The van der Waals surface area contributed by atoms with Gasteiger partial charge in [0.25, 0.3) is 0 Å². The van der Waals surface area contributed by atoms with Crippen molar-refractivity contribution in [3.63, 3.8) is 0 Å². The van der Waals surface area contributed by atoms with Gasteiger partial charge in [-0.15, -0.1) is 0 Å². The molecule has 0 spiro atoms. The molecule has 4 nitrogen and oxygen atoms in total. The zero-order valence-corrected chi connectivity index (χ0v) is 11.2. The molecular formula is C13H17ClN4. The van der Waals surface area contributed by atoms with Crippen LogP contribution in [-0.4, -0.2) is 27.6 Å². The summed E-state index contributed by atoms with van der Waals surface area (Å²) in [6.07, 6.45) is 4.92. The number of rotatable bonds is 2. The second-order valence-corrected chi connectivity index (χ2v) is 5.17. The van der Waals surface area contributed by atoms with E-state index in [0.717, 1.165) is 49.3 Å². The van der Waals surface area contributed by atoms with Gasteiger partial charge in [-0.1, -0.05) is 18.5 Å². The molecule has 96 valence electrons. The number of piperidine rings is 1. The van der Waals surface area contributed by atoms with E-state index in [2.05, 4.69) is 26.8 Å². The van der Waals surface area contributed by atoms with E-state index in [-0.39, 0.29) is 0 Å². The molecule has 0 aromatic carbocycles. The second-order valence-electron chi connectivity index (χ2n) is 4.73. The molecule has 3 rings (SSSR count). The van der Waals surface area contributed by atoms with Crippen LogP contribution in [0.5, 0.6) is 0 Å². The van der Waals surface area contributed by atoms with Crippen LogP contribution in [0.3, 0.4) is 0 Å². The fraction of sp³-hybridized carbons (Fsp3) is 0.538. The monoisotopic (exact) mass is 264 g/mol. The van der Waals surface area contributed by atoms with Gasteiger partial charge in [-0.25, -0.2) is 9.97 Å². The molecule has 1 N–H and O–H groups in total. The summed E-state index contributed by atoms with van der Waals surface area (Å²) in [7, 11) is 0. The van der Waals surface area contributed by atoms with Crippen molar-refractivity contribution in [1.82, 2.24) is 19.9 Å². The molecule has 0 amide bonds. The Balaban J connectivity index is 2.12. The summed E-state index contributed by atoms with van der Waals surface area (Å²) in [5.74, 6) is 1.12. The number of imidazole rings is 1. The number of halogens is 1. The Labute approximate surface area is 111 Å². The lowest BCUT2D eigenvalue weighted by Crippen LogP contribution is -2.30. The van der Waals surface area contributed by atoms with Crippen molar-refractivity contribution in [2.45, 2.75) is 32.2 Å². The second kappa shape index (κ2) is 4.86. The number of fused-ring (bicyclic) bond motifs is 1. The Bertz CT molecular complexity index is 557. The summed E-state index contributed by atoms with van der Waals surface area (Å²) >= 11 is 5.99. The zero-order chi connectivity index (χ0) is 12.5. The van der Waals surface area contributed by atoms with E-state index in [4.69, 9.17) is 11.6 Å². The molecule has 1 fully saturated rings. The standard InChI is InChI=1S/C13H17ClN4/c1-2-12-17-11-7-9(14)8-16-13(11)18(12)10-3-5-15-6-4-10/h7-8,10,15H,2-6H2,1H3. The molecule has 0 unspecified atom stereocenters. The Hall–Kier alpha value is -1.13. The zero-order valence-electron chi connectivity index (χ0n) is 10.5. The van der Waals surface area contributed by atoms with Gasteiger partial charge in [0.05, 0.1) is 5.02 Å². The number of hydrogen-bond donors (Lipinski definition) is 1.